The number of nitrogen functional groups attached to an aromatic ring is 1. The summed E-state index contributed by atoms with van der Waals surface area (Å²) in [6.45, 7) is 0. The van der Waals surface area contributed by atoms with Crippen molar-refractivity contribution in [2.45, 2.75) is 0 Å². The molecule has 0 radical (unpaired) electrons. The highest BCUT2D eigenvalue weighted by molar-refractivity contribution is 5.87. The van der Waals surface area contributed by atoms with Gasteiger partial charge in [-0.3, -0.25) is 0 Å². The van der Waals surface area contributed by atoms with Crippen LogP contribution in [0.3, 0.4) is 0 Å². The lowest BCUT2D eigenvalue weighted by Gasteiger charge is -2.07. The number of nitrogens with two attached hydrogens (primary N) is 1. The summed E-state index contributed by atoms with van der Waals surface area (Å²) >= 11 is 0. The zero-order chi connectivity index (χ0) is 11.7. The van der Waals surface area contributed by atoms with Crippen molar-refractivity contribution in [2.24, 2.45) is 0 Å². The predicted molar refractivity (Wildman–Crippen MR) is 61.6 cm³/mol. The van der Waals surface area contributed by atoms with Crippen LogP contribution in [0, 0.1) is 0 Å². The molecule has 0 aliphatic rings. The van der Waals surface area contributed by atoms with Gasteiger partial charge in [0.2, 0.25) is 0 Å². The molecule has 4 N–H and O–H groups in total. The summed E-state index contributed by atoms with van der Waals surface area (Å²) in [4.78, 5) is 0. The molecule has 84 valence electrons. The number of hydrogen-bond donors (Lipinski definition) is 3. The second-order valence-electron chi connectivity index (χ2n) is 3.48. The van der Waals surface area contributed by atoms with E-state index in [0.29, 0.717) is 11.4 Å². The standard InChI is InChI=1S/C10H9N7/c11-7-3-1-2-6(8-4-12-16-14-8)10(7)9-5-13-17-15-9/h1-5H,11H2,(H,12,14,16)(H,13,15,17). The SMILES string of the molecule is Nc1cccc(-c2cn[nH]n2)c1-c1cn[nH]n1. The first-order valence-electron chi connectivity index (χ1n) is 4.97. The van der Waals surface area contributed by atoms with Crippen molar-refractivity contribution in [1.82, 2.24) is 30.8 Å². The highest BCUT2D eigenvalue weighted by Crippen LogP contribution is 2.33. The summed E-state index contributed by atoms with van der Waals surface area (Å²) in [5.41, 5.74) is 9.67. The molecule has 0 atom stereocenters. The molecule has 0 unspecified atom stereocenters. The van der Waals surface area contributed by atoms with E-state index in [-0.39, 0.29) is 0 Å². The monoisotopic (exact) mass is 227 g/mol. The van der Waals surface area contributed by atoms with Crippen LogP contribution in [0.15, 0.2) is 30.6 Å². The van der Waals surface area contributed by atoms with Crippen molar-refractivity contribution in [3.63, 3.8) is 0 Å². The zero-order valence-electron chi connectivity index (χ0n) is 8.75. The van der Waals surface area contributed by atoms with E-state index in [1.807, 2.05) is 18.2 Å². The molecule has 0 saturated carbocycles. The Morgan fingerprint density at radius 1 is 0.941 bits per heavy atom. The summed E-state index contributed by atoms with van der Waals surface area (Å²) in [6.07, 6.45) is 3.26. The van der Waals surface area contributed by atoms with E-state index in [1.165, 1.54) is 0 Å². The molecule has 3 rings (SSSR count). The van der Waals surface area contributed by atoms with E-state index in [0.717, 1.165) is 16.8 Å². The Kier molecular flexibility index (Phi) is 2.08. The smallest absolute Gasteiger partial charge is 0.115 e. The molecule has 7 nitrogen and oxygen atoms in total. The number of nitrogens with zero attached hydrogens (tertiary/aromatic N) is 4. The molecule has 2 heterocycles. The molecular formula is C10H9N7. The maximum atomic E-state index is 5.98. The third-order valence-electron chi connectivity index (χ3n) is 2.46. The third kappa shape index (κ3) is 1.53. The fourth-order valence-corrected chi connectivity index (χ4v) is 1.72. The van der Waals surface area contributed by atoms with Gasteiger partial charge in [0.1, 0.15) is 11.4 Å². The van der Waals surface area contributed by atoms with Crippen molar-refractivity contribution in [3.05, 3.63) is 30.6 Å². The van der Waals surface area contributed by atoms with Gasteiger partial charge in [-0.1, -0.05) is 12.1 Å². The Labute approximate surface area is 96.1 Å². The summed E-state index contributed by atoms with van der Waals surface area (Å²) in [6, 6.07) is 5.59. The van der Waals surface area contributed by atoms with Crippen LogP contribution >= 0.6 is 0 Å². The van der Waals surface area contributed by atoms with Crippen molar-refractivity contribution >= 4 is 5.69 Å². The first-order chi connectivity index (χ1) is 8.36. The van der Waals surface area contributed by atoms with Crippen LogP contribution in [0.4, 0.5) is 5.69 Å². The lowest BCUT2D eigenvalue weighted by molar-refractivity contribution is 0.940. The Morgan fingerprint density at radius 2 is 1.65 bits per heavy atom. The van der Waals surface area contributed by atoms with Crippen LogP contribution in [0.1, 0.15) is 0 Å². The molecule has 0 bridgehead atoms. The van der Waals surface area contributed by atoms with Gasteiger partial charge in [0.05, 0.1) is 12.4 Å². The van der Waals surface area contributed by atoms with Crippen molar-refractivity contribution in [2.75, 3.05) is 5.73 Å². The highest BCUT2D eigenvalue weighted by atomic mass is 15.3. The van der Waals surface area contributed by atoms with Gasteiger partial charge >= 0.3 is 0 Å². The van der Waals surface area contributed by atoms with E-state index in [4.69, 9.17) is 5.73 Å². The normalized spacial score (nSPS) is 10.6. The maximum Gasteiger partial charge on any atom is 0.115 e. The van der Waals surface area contributed by atoms with Crippen LogP contribution in [-0.4, -0.2) is 30.8 Å². The minimum Gasteiger partial charge on any atom is -0.398 e. The minimum atomic E-state index is 0.624. The second kappa shape index (κ2) is 3.71. The second-order valence-corrected chi connectivity index (χ2v) is 3.48. The van der Waals surface area contributed by atoms with Crippen LogP contribution in [0.25, 0.3) is 22.5 Å². The largest absolute Gasteiger partial charge is 0.398 e. The van der Waals surface area contributed by atoms with E-state index in [2.05, 4.69) is 30.8 Å². The van der Waals surface area contributed by atoms with Crippen molar-refractivity contribution in [1.29, 1.82) is 0 Å². The third-order valence-corrected chi connectivity index (χ3v) is 2.46. The number of nitrogens with one attached hydrogen (secondary N) is 2. The fourth-order valence-electron chi connectivity index (χ4n) is 1.72. The van der Waals surface area contributed by atoms with Gasteiger partial charge in [-0.25, -0.2) is 0 Å². The minimum absolute atomic E-state index is 0.624. The van der Waals surface area contributed by atoms with Crippen LogP contribution in [0.2, 0.25) is 0 Å². The Bertz CT molecular complexity index is 612. The molecule has 0 aliphatic carbocycles. The van der Waals surface area contributed by atoms with Crippen molar-refractivity contribution < 1.29 is 0 Å². The predicted octanol–water partition coefficient (Wildman–Crippen LogP) is 0.839. The molecule has 3 aromatic rings. The maximum absolute atomic E-state index is 5.98. The molecule has 7 heteroatoms. The van der Waals surface area contributed by atoms with Gasteiger partial charge in [0.15, 0.2) is 0 Å². The van der Waals surface area contributed by atoms with E-state index in [9.17, 15) is 0 Å². The number of aromatic amines is 2. The molecule has 0 fully saturated rings. The molecule has 0 saturated heterocycles. The topological polar surface area (TPSA) is 109 Å². The summed E-state index contributed by atoms with van der Waals surface area (Å²) in [5.74, 6) is 0. The van der Waals surface area contributed by atoms with Gasteiger partial charge in [0.25, 0.3) is 0 Å². The van der Waals surface area contributed by atoms with Gasteiger partial charge < -0.3 is 5.73 Å². The average Bonchev–Trinajstić information content (AvgIpc) is 3.02. The lowest BCUT2D eigenvalue weighted by Crippen LogP contribution is -1.94. The quantitative estimate of drug-likeness (QED) is 0.562. The lowest BCUT2D eigenvalue weighted by atomic mass is 10.0. The number of H-pyrrole nitrogens is 2. The van der Waals surface area contributed by atoms with E-state index < -0.39 is 0 Å². The summed E-state index contributed by atoms with van der Waals surface area (Å²) < 4.78 is 0. The number of anilines is 1. The molecular weight excluding hydrogens is 218 g/mol. The number of rotatable bonds is 2. The number of aromatic nitrogens is 6. The molecule has 0 spiro atoms. The number of benzene rings is 1. The van der Waals surface area contributed by atoms with Crippen LogP contribution in [-0.2, 0) is 0 Å². The Balaban J connectivity index is 2.26. The Morgan fingerprint density at radius 3 is 2.29 bits per heavy atom. The highest BCUT2D eigenvalue weighted by Gasteiger charge is 2.14. The van der Waals surface area contributed by atoms with Gasteiger partial charge in [0, 0.05) is 16.8 Å². The molecule has 1 aromatic carbocycles. The molecule has 0 aliphatic heterocycles. The summed E-state index contributed by atoms with van der Waals surface area (Å²) in [7, 11) is 0. The van der Waals surface area contributed by atoms with Crippen LogP contribution in [0.5, 0.6) is 0 Å². The van der Waals surface area contributed by atoms with Gasteiger partial charge in [-0.2, -0.15) is 30.8 Å². The average molecular weight is 227 g/mol. The Hall–Kier alpha value is -2.70. The van der Waals surface area contributed by atoms with E-state index >= 15 is 0 Å². The fraction of sp³-hybridized carbons (Fsp3) is 0. The number of hydrogen-bond acceptors (Lipinski definition) is 5. The first kappa shape index (κ1) is 9.52. The molecule has 17 heavy (non-hydrogen) atoms. The molecule has 0 amide bonds. The zero-order valence-corrected chi connectivity index (χ0v) is 8.75. The molecule has 2 aromatic heterocycles. The van der Waals surface area contributed by atoms with E-state index in [1.54, 1.807) is 12.4 Å². The van der Waals surface area contributed by atoms with Crippen LogP contribution < -0.4 is 5.73 Å². The van der Waals surface area contributed by atoms with Crippen molar-refractivity contribution in [3.8, 4) is 22.5 Å². The summed E-state index contributed by atoms with van der Waals surface area (Å²) in [5, 5.41) is 20.8. The van der Waals surface area contributed by atoms with Gasteiger partial charge in [-0.15, -0.1) is 0 Å². The first-order valence-corrected chi connectivity index (χ1v) is 4.97. The van der Waals surface area contributed by atoms with Gasteiger partial charge in [-0.05, 0) is 6.07 Å².